The van der Waals surface area contributed by atoms with Gasteiger partial charge in [0, 0.05) is 108 Å². The number of azide groups is 1. The first-order chi connectivity index (χ1) is 51.1. The van der Waals surface area contributed by atoms with Crippen molar-refractivity contribution in [2.45, 2.75) is 32.1 Å². The number of esters is 1. The maximum absolute atomic E-state index is 12.9. The molecule has 40 heteroatoms. The Morgan fingerprint density at radius 2 is 0.613 bits per heavy atom. The number of amides is 5. The van der Waals surface area contributed by atoms with Gasteiger partial charge >= 0.3 is 11.4 Å². The van der Waals surface area contributed by atoms with E-state index in [1.54, 1.807) is 0 Å². The summed E-state index contributed by atoms with van der Waals surface area (Å²) in [6, 6.07) is 9.97. The second-order valence-electron chi connectivity index (χ2n) is 22.2. The van der Waals surface area contributed by atoms with E-state index in [-0.39, 0.29) is 80.5 Å². The number of benzene rings is 2. The van der Waals surface area contributed by atoms with Crippen LogP contribution < -0.4 is 9.47 Å². The van der Waals surface area contributed by atoms with Crippen LogP contribution in [0.5, 0.6) is 11.5 Å². The third kappa shape index (κ3) is 55.6. The maximum atomic E-state index is 12.9. The molecule has 0 radical (unpaired) electrons. The number of carbonyl (C=O) groups excluding carboxylic acids is 8. The number of hydrogen-bond donors (Lipinski definition) is 0. The molecule has 2 aromatic rings. The van der Waals surface area contributed by atoms with E-state index in [9.17, 15) is 58.6 Å². The summed E-state index contributed by atoms with van der Waals surface area (Å²) >= 11 is 4.92. The second-order valence-corrected chi connectivity index (χ2v) is 22.5. The highest BCUT2D eigenvalue weighted by Crippen LogP contribution is 2.19. The van der Waals surface area contributed by atoms with Gasteiger partial charge in [-0.15, -0.1) is 0 Å². The summed E-state index contributed by atoms with van der Waals surface area (Å²) in [5, 5.41) is 24.4. The quantitative estimate of drug-likeness (QED) is 0.0106. The van der Waals surface area contributed by atoms with Gasteiger partial charge in [-0.2, -0.15) is 0 Å². The van der Waals surface area contributed by atoms with E-state index in [1.165, 1.54) is 88.7 Å². The summed E-state index contributed by atoms with van der Waals surface area (Å²) in [5.41, 5.74) is 6.96. The van der Waals surface area contributed by atoms with Crippen LogP contribution in [-0.2, 0) is 105 Å². The number of non-ortho nitro benzene ring substituents is 2. The normalized spacial score (nSPS) is 10.8. The van der Waals surface area contributed by atoms with Crippen LogP contribution >= 0.6 is 11.6 Å². The molecule has 0 aliphatic rings. The van der Waals surface area contributed by atoms with Crippen LogP contribution in [0.3, 0.4) is 0 Å². The van der Waals surface area contributed by atoms with Crippen LogP contribution in [0.1, 0.15) is 32.1 Å². The lowest BCUT2D eigenvalue weighted by Crippen LogP contribution is -2.47. The average Bonchev–Trinajstić information content (AvgIpc) is 0.904. The molecule has 106 heavy (non-hydrogen) atoms. The Hall–Kier alpha value is -7.80. The molecule has 0 aliphatic carbocycles. The summed E-state index contributed by atoms with van der Waals surface area (Å²) in [6.07, 6.45) is 0.554. The van der Waals surface area contributed by atoms with Gasteiger partial charge in [-0.3, -0.25) is 53.8 Å². The highest BCUT2D eigenvalue weighted by atomic mass is 35.5. The average molecular weight is 1540 g/mol. The van der Waals surface area contributed by atoms with Gasteiger partial charge < -0.3 is 105 Å². The third-order valence-electron chi connectivity index (χ3n) is 13.7. The first-order valence-corrected chi connectivity index (χ1v) is 34.5. The molecule has 0 N–H and O–H groups in total. The van der Waals surface area contributed by atoms with Crippen molar-refractivity contribution in [1.82, 2.24) is 24.5 Å². The number of carbonyl (C=O) groups is 8. The van der Waals surface area contributed by atoms with E-state index in [0.717, 1.165) is 19.6 Å². The van der Waals surface area contributed by atoms with Crippen LogP contribution in [0.25, 0.3) is 10.4 Å². The van der Waals surface area contributed by atoms with Crippen LogP contribution in [0.15, 0.2) is 53.6 Å². The number of halogens is 1. The lowest BCUT2D eigenvalue weighted by atomic mass is 10.2. The number of rotatable bonds is 67. The molecule has 0 saturated carbocycles. The number of Topliss-reactive ketones (excluding diaryl/α,β-unsaturated/α-hetero) is 1. The smallest absolute Gasteiger partial charge is 0.409 e. The molecule has 0 aliphatic heterocycles. The van der Waals surface area contributed by atoms with Gasteiger partial charge in [0.1, 0.15) is 11.5 Å². The van der Waals surface area contributed by atoms with Crippen LogP contribution in [0.2, 0.25) is 0 Å². The zero-order chi connectivity index (χ0) is 78.1. The van der Waals surface area contributed by atoms with Crippen LogP contribution in [0.4, 0.5) is 16.2 Å². The molecule has 0 bridgehead atoms. The number of ether oxygens (including phenoxy) is 17. The third-order valence-corrected chi connectivity index (χ3v) is 13.8. The fourth-order valence-corrected chi connectivity index (χ4v) is 7.99. The van der Waals surface area contributed by atoms with Gasteiger partial charge in [0.05, 0.1) is 234 Å². The Morgan fingerprint density at radius 3 is 0.887 bits per heavy atom. The lowest BCUT2D eigenvalue weighted by molar-refractivity contribution is -0.385. The fraction of sp³-hybridized carbons (Fsp3) is 0.697. The van der Waals surface area contributed by atoms with Gasteiger partial charge in [0.25, 0.3) is 11.4 Å². The van der Waals surface area contributed by atoms with Crippen molar-refractivity contribution in [3.05, 3.63) is 79.2 Å². The van der Waals surface area contributed by atoms with E-state index in [1.807, 2.05) is 0 Å². The van der Waals surface area contributed by atoms with Crippen molar-refractivity contribution >= 4 is 69.7 Å². The van der Waals surface area contributed by atoms with E-state index < -0.39 is 57.3 Å². The molecule has 0 saturated heterocycles. The van der Waals surface area contributed by atoms with Gasteiger partial charge in [0.15, 0.2) is 5.78 Å². The van der Waals surface area contributed by atoms with Gasteiger partial charge in [0.2, 0.25) is 29.5 Å². The molecule has 0 unspecified atom stereocenters. The molecule has 2 rings (SSSR count). The predicted octanol–water partition coefficient (Wildman–Crippen LogP) is 3.20. The highest BCUT2D eigenvalue weighted by Gasteiger charge is 2.24. The first-order valence-electron chi connectivity index (χ1n) is 34.1. The molecule has 0 fully saturated rings. The molecule has 0 spiro atoms. The minimum absolute atomic E-state index is 0.0723. The van der Waals surface area contributed by atoms with Crippen LogP contribution in [0, 0.1) is 20.2 Å². The summed E-state index contributed by atoms with van der Waals surface area (Å²) in [4.78, 5) is 127. The maximum Gasteiger partial charge on any atom is 0.409 e. The summed E-state index contributed by atoms with van der Waals surface area (Å²) in [6.45, 7) is 11.6. The van der Waals surface area contributed by atoms with Crippen molar-refractivity contribution < 1.29 is 129 Å². The first kappa shape index (κ1) is 96.2. The molecular formula is C66H105ClN10O29. The highest BCUT2D eigenvalue weighted by molar-refractivity contribution is 6.61. The predicted molar refractivity (Wildman–Crippen MR) is 376 cm³/mol. The minimum Gasteiger partial charge on any atom is -0.427 e. The Morgan fingerprint density at radius 1 is 0.358 bits per heavy atom. The van der Waals surface area contributed by atoms with Crippen molar-refractivity contribution in [1.29, 1.82) is 0 Å². The van der Waals surface area contributed by atoms with E-state index in [0.29, 0.717) is 211 Å². The summed E-state index contributed by atoms with van der Waals surface area (Å²) in [5.74, 6) is -3.12. The molecular weight excluding hydrogens is 1430 g/mol. The number of nitro benzene ring substituents is 2. The molecule has 0 aromatic heterocycles. The van der Waals surface area contributed by atoms with Crippen LogP contribution in [-0.4, -0.2) is 354 Å². The van der Waals surface area contributed by atoms with E-state index >= 15 is 0 Å². The number of nitro groups is 2. The molecule has 39 nitrogen and oxygen atoms in total. The van der Waals surface area contributed by atoms with Crippen molar-refractivity contribution in [3.8, 4) is 11.5 Å². The van der Waals surface area contributed by atoms with Crippen molar-refractivity contribution in [2.24, 2.45) is 5.11 Å². The largest absolute Gasteiger partial charge is 0.427 e. The monoisotopic (exact) mass is 1540 g/mol. The van der Waals surface area contributed by atoms with Crippen molar-refractivity contribution in [3.63, 3.8) is 0 Å². The van der Waals surface area contributed by atoms with Gasteiger partial charge in [-0.25, -0.2) is 4.79 Å². The zero-order valence-electron chi connectivity index (χ0n) is 61.3. The Kier molecular flexibility index (Phi) is 59.4. The molecule has 2 aromatic carbocycles. The van der Waals surface area contributed by atoms with E-state index in [2.05, 4.69) is 14.8 Å². The van der Waals surface area contributed by atoms with Crippen molar-refractivity contribution in [2.75, 3.05) is 273 Å². The molecule has 5 amide bonds. The number of nitrogens with zero attached hydrogens (tertiary/aromatic N) is 10. The Balaban J connectivity index is 0.00000387. The van der Waals surface area contributed by atoms with E-state index in [4.69, 9.17) is 92.9 Å². The zero-order valence-corrected chi connectivity index (χ0v) is 62.1. The minimum atomic E-state index is -0.978. The Labute approximate surface area is 621 Å². The summed E-state index contributed by atoms with van der Waals surface area (Å²) < 4.78 is 91.7. The number of ketones is 1. The topological polar surface area (TPSA) is 445 Å². The molecule has 600 valence electrons. The second kappa shape index (κ2) is 65.5. The SMILES string of the molecule is CN(CC(=O)CCCOCCOCCOCCOCCOCCOCCOCCOCCOCCOCCOCCOCCOCCOCCOCCN=[N+]=[N-])C(=O)CN(C)C(=O)CN(C)C(=O)CN(C)C(=O)CN(C)C(=O)CCCC(=O)Oc1ccc([N+](=O)[O-])cc1.O=C(Cl)Oc1ccc([N+](=O)[O-])cc1. The number of likely N-dealkylation sites (N-methyl/N-ethyl adjacent to an activating group) is 5. The molecule has 0 heterocycles. The van der Waals surface area contributed by atoms with Gasteiger partial charge in [-0.05, 0) is 42.6 Å². The summed E-state index contributed by atoms with van der Waals surface area (Å²) in [7, 11) is 6.98. The molecule has 0 atom stereocenters. The van der Waals surface area contributed by atoms with Gasteiger partial charge in [-0.1, -0.05) is 5.11 Å². The standard InChI is InChI=1S/C59H101N9O25.C7H4ClNO4/c1-63(55(71)48-65(3)57(73)50-67(5)58(74)49-66(4)56(72)47-64(2)54(70)9-6-10-59(75)93-53-13-11-51(12-14-53)68(76)77)46-52(69)8-7-16-78-18-20-80-22-24-82-26-28-84-30-32-86-34-36-88-38-40-90-42-44-92-45-43-91-41-39-89-37-35-87-33-31-85-29-27-83-25-23-81-21-19-79-17-15-61-62-60;8-7(10)13-6-3-1-5(2-4-6)9(11)12/h11-14H,6-10,15-50H2,1-5H3;1-4H. The lowest BCUT2D eigenvalue weighted by Gasteiger charge is -2.26. The number of hydrogen-bond acceptors (Lipinski definition) is 30. The Bertz CT molecular complexity index is 2800. The fourth-order valence-electron chi connectivity index (χ4n) is 7.90.